The fourth-order valence-corrected chi connectivity index (χ4v) is 3.70. The molecule has 0 aliphatic carbocycles. The van der Waals surface area contributed by atoms with Gasteiger partial charge >= 0.3 is 6.18 Å². The number of Topliss-reactive ketones (excluding diaryl/α,β-unsaturated/α-hetero) is 1. The molecule has 0 fully saturated rings. The molecule has 1 amide bonds. The van der Waals surface area contributed by atoms with Crippen LogP contribution in [0.4, 0.5) is 24.8 Å². The number of ketones is 1. The summed E-state index contributed by atoms with van der Waals surface area (Å²) < 4.78 is 40.2. The number of rotatable bonds is 4. The molecule has 0 radical (unpaired) electrons. The van der Waals surface area contributed by atoms with E-state index in [-0.39, 0.29) is 42.1 Å². The minimum atomic E-state index is -4.47. The summed E-state index contributed by atoms with van der Waals surface area (Å²) in [4.78, 5) is 35.3. The van der Waals surface area contributed by atoms with Gasteiger partial charge < -0.3 is 10.6 Å². The van der Waals surface area contributed by atoms with E-state index in [0.717, 1.165) is 12.1 Å². The predicted octanol–water partition coefficient (Wildman–Crippen LogP) is 3.23. The number of amides is 1. The van der Waals surface area contributed by atoms with Crippen molar-refractivity contribution in [2.45, 2.75) is 32.5 Å². The molecular formula is C21H19F3N6O2. The molecule has 1 aliphatic heterocycles. The van der Waals surface area contributed by atoms with Gasteiger partial charge in [-0.15, -0.1) is 0 Å². The van der Waals surface area contributed by atoms with Crippen LogP contribution in [0.25, 0.3) is 0 Å². The van der Waals surface area contributed by atoms with Gasteiger partial charge in [0, 0.05) is 29.9 Å². The van der Waals surface area contributed by atoms with Crippen molar-refractivity contribution in [3.05, 3.63) is 64.7 Å². The van der Waals surface area contributed by atoms with Crippen LogP contribution in [0.1, 0.15) is 50.8 Å². The van der Waals surface area contributed by atoms with Gasteiger partial charge in [0.05, 0.1) is 17.8 Å². The number of alkyl halides is 3. The molecule has 2 N–H and O–H groups in total. The number of aryl methyl sites for hydroxylation is 1. The molecule has 0 bridgehead atoms. The summed E-state index contributed by atoms with van der Waals surface area (Å²) in [7, 11) is 0. The van der Waals surface area contributed by atoms with E-state index >= 15 is 0 Å². The average Bonchev–Trinajstić information content (AvgIpc) is 3.14. The highest BCUT2D eigenvalue weighted by Crippen LogP contribution is 2.33. The lowest BCUT2D eigenvalue weighted by molar-refractivity contribution is -0.137. The fourth-order valence-electron chi connectivity index (χ4n) is 3.70. The van der Waals surface area contributed by atoms with Gasteiger partial charge in [-0.2, -0.15) is 18.3 Å². The van der Waals surface area contributed by atoms with E-state index in [9.17, 15) is 22.8 Å². The van der Waals surface area contributed by atoms with E-state index in [1.54, 1.807) is 6.92 Å². The van der Waals surface area contributed by atoms with Crippen LogP contribution < -0.4 is 10.6 Å². The number of nitrogens with two attached hydrogens (primary N) is 1. The van der Waals surface area contributed by atoms with Crippen molar-refractivity contribution in [1.82, 2.24) is 19.7 Å². The summed E-state index contributed by atoms with van der Waals surface area (Å²) in [5.74, 6) is -0.824. The molecule has 8 nitrogen and oxygen atoms in total. The van der Waals surface area contributed by atoms with Crippen molar-refractivity contribution in [1.29, 1.82) is 0 Å². The van der Waals surface area contributed by atoms with E-state index in [1.807, 2.05) is 6.92 Å². The van der Waals surface area contributed by atoms with Crippen LogP contribution in [0.3, 0.4) is 0 Å². The average molecular weight is 444 g/mol. The Bertz CT molecular complexity index is 1180. The number of aromatic nitrogens is 4. The third kappa shape index (κ3) is 3.93. The van der Waals surface area contributed by atoms with Crippen molar-refractivity contribution in [3.8, 4) is 0 Å². The van der Waals surface area contributed by atoms with Crippen LogP contribution >= 0.6 is 0 Å². The second-order valence-electron chi connectivity index (χ2n) is 7.63. The number of nitrogens with zero attached hydrogens (tertiary/aromatic N) is 5. The van der Waals surface area contributed by atoms with Crippen LogP contribution in [0, 0.1) is 6.92 Å². The number of carbonyl (C=O) groups is 2. The summed E-state index contributed by atoms with van der Waals surface area (Å²) >= 11 is 0. The number of anilines is 2. The monoisotopic (exact) mass is 444 g/mol. The molecule has 0 saturated carbocycles. The van der Waals surface area contributed by atoms with Crippen LogP contribution in [-0.4, -0.2) is 38.0 Å². The van der Waals surface area contributed by atoms with E-state index < -0.39 is 17.6 Å². The Morgan fingerprint density at radius 1 is 1.22 bits per heavy atom. The molecule has 32 heavy (non-hydrogen) atoms. The number of carbonyl (C=O) groups excluding carboxylic acids is 2. The smallest absolute Gasteiger partial charge is 0.368 e. The molecule has 2 aromatic heterocycles. The summed E-state index contributed by atoms with van der Waals surface area (Å²) in [6, 6.07) is 5.66. The van der Waals surface area contributed by atoms with Gasteiger partial charge in [-0.25, -0.2) is 9.97 Å². The van der Waals surface area contributed by atoms with Crippen LogP contribution in [0.5, 0.6) is 0 Å². The number of benzene rings is 1. The molecule has 3 heterocycles. The van der Waals surface area contributed by atoms with Crippen LogP contribution in [0.2, 0.25) is 0 Å². The van der Waals surface area contributed by atoms with E-state index in [2.05, 4.69) is 15.1 Å². The highest BCUT2D eigenvalue weighted by Gasteiger charge is 2.35. The highest BCUT2D eigenvalue weighted by atomic mass is 19.4. The number of hydrogen-bond donors (Lipinski definition) is 1. The lowest BCUT2D eigenvalue weighted by atomic mass is 10.0. The van der Waals surface area contributed by atoms with Crippen LogP contribution in [0.15, 0.2) is 36.5 Å². The Labute approximate surface area is 180 Å². The molecule has 0 unspecified atom stereocenters. The molecule has 166 valence electrons. The van der Waals surface area contributed by atoms with Crippen molar-refractivity contribution in [2.75, 3.05) is 17.2 Å². The maximum atomic E-state index is 13.2. The second kappa shape index (κ2) is 7.74. The summed E-state index contributed by atoms with van der Waals surface area (Å²) in [5, 5.41) is 4.26. The normalized spacial score (nSPS) is 16.2. The van der Waals surface area contributed by atoms with E-state index in [1.165, 1.54) is 34.0 Å². The lowest BCUT2D eigenvalue weighted by Gasteiger charge is -2.32. The second-order valence-corrected chi connectivity index (χ2v) is 7.63. The van der Waals surface area contributed by atoms with Gasteiger partial charge in [0.25, 0.3) is 5.91 Å². The third-order valence-electron chi connectivity index (χ3n) is 5.20. The first-order chi connectivity index (χ1) is 15.0. The van der Waals surface area contributed by atoms with Gasteiger partial charge in [0.1, 0.15) is 11.4 Å². The van der Waals surface area contributed by atoms with Crippen molar-refractivity contribution < 1.29 is 22.8 Å². The van der Waals surface area contributed by atoms with Gasteiger partial charge in [-0.1, -0.05) is 0 Å². The van der Waals surface area contributed by atoms with Crippen molar-refractivity contribution in [3.63, 3.8) is 0 Å². The molecular weight excluding hydrogens is 425 g/mol. The van der Waals surface area contributed by atoms with E-state index in [4.69, 9.17) is 5.73 Å². The standard InChI is InChI=1S/C21H19F3N6O2/c1-11-7-16(28-20(25)27-11)17(31)8-13-9-26-30-12(2)10-29(19(32)18(13)30)15-5-3-14(4-6-15)21(22,23)24/h3-7,9,12H,8,10H2,1-2H3,(H2,25,27,28)/t12-/m0/s1. The number of fused-ring (bicyclic) bond motifs is 1. The first kappa shape index (κ1) is 21.5. The van der Waals surface area contributed by atoms with Crippen molar-refractivity contribution in [2.24, 2.45) is 0 Å². The highest BCUT2D eigenvalue weighted by molar-refractivity contribution is 6.08. The first-order valence-corrected chi connectivity index (χ1v) is 9.74. The molecule has 4 rings (SSSR count). The quantitative estimate of drug-likeness (QED) is 0.619. The molecule has 0 saturated heterocycles. The van der Waals surface area contributed by atoms with Gasteiger partial charge in [-0.3, -0.25) is 14.3 Å². The zero-order valence-corrected chi connectivity index (χ0v) is 17.2. The predicted molar refractivity (Wildman–Crippen MR) is 109 cm³/mol. The molecule has 0 spiro atoms. The fraction of sp³-hybridized carbons (Fsp3) is 0.286. The summed E-state index contributed by atoms with van der Waals surface area (Å²) in [5.41, 5.74) is 6.44. The Balaban J connectivity index is 1.64. The SMILES string of the molecule is Cc1cc(C(=O)Cc2cnn3c2C(=O)N(c2ccc(C(F)(F)F)cc2)C[C@@H]3C)nc(N)n1. The van der Waals surface area contributed by atoms with Gasteiger partial charge in [0.15, 0.2) is 5.78 Å². The molecule has 1 atom stereocenters. The van der Waals surface area contributed by atoms with Gasteiger partial charge in [-0.05, 0) is 44.2 Å². The zero-order valence-electron chi connectivity index (χ0n) is 17.2. The Morgan fingerprint density at radius 2 is 1.91 bits per heavy atom. The Kier molecular flexibility index (Phi) is 5.19. The minimum Gasteiger partial charge on any atom is -0.368 e. The molecule has 1 aliphatic rings. The third-order valence-corrected chi connectivity index (χ3v) is 5.20. The summed E-state index contributed by atoms with van der Waals surface area (Å²) in [6.07, 6.45) is -3.15. The summed E-state index contributed by atoms with van der Waals surface area (Å²) in [6.45, 7) is 3.75. The van der Waals surface area contributed by atoms with Gasteiger partial charge in [0.2, 0.25) is 5.95 Å². The zero-order chi connectivity index (χ0) is 23.2. The number of nitrogen functional groups attached to an aromatic ring is 1. The maximum Gasteiger partial charge on any atom is 0.416 e. The number of halogens is 3. The molecule has 11 heteroatoms. The first-order valence-electron chi connectivity index (χ1n) is 9.74. The lowest BCUT2D eigenvalue weighted by Crippen LogP contribution is -2.43. The minimum absolute atomic E-state index is 0.0245. The van der Waals surface area contributed by atoms with Crippen molar-refractivity contribution >= 4 is 23.3 Å². The Hall–Kier alpha value is -3.76. The number of hydrogen-bond acceptors (Lipinski definition) is 6. The maximum absolute atomic E-state index is 13.2. The Morgan fingerprint density at radius 3 is 2.53 bits per heavy atom. The largest absolute Gasteiger partial charge is 0.416 e. The van der Waals surface area contributed by atoms with E-state index in [0.29, 0.717) is 16.9 Å². The topological polar surface area (TPSA) is 107 Å². The molecule has 1 aromatic carbocycles. The molecule has 3 aromatic rings. The van der Waals surface area contributed by atoms with Crippen LogP contribution in [-0.2, 0) is 12.6 Å².